The van der Waals surface area contributed by atoms with Crippen LogP contribution in [0.15, 0.2) is 18.2 Å². The molecule has 4 heteroatoms. The third kappa shape index (κ3) is 5.24. The van der Waals surface area contributed by atoms with Crippen molar-refractivity contribution < 1.29 is 9.53 Å². The number of hydrogen-bond acceptors (Lipinski definition) is 3. The van der Waals surface area contributed by atoms with Gasteiger partial charge in [-0.25, -0.2) is 0 Å². The predicted molar refractivity (Wildman–Crippen MR) is 93.9 cm³/mol. The lowest BCUT2D eigenvalue weighted by Gasteiger charge is -2.29. The molecule has 2 rings (SSSR count). The Kier molecular flexibility index (Phi) is 6.90. The van der Waals surface area contributed by atoms with Gasteiger partial charge in [0, 0.05) is 32.1 Å². The van der Waals surface area contributed by atoms with Crippen molar-refractivity contribution in [3.63, 3.8) is 0 Å². The summed E-state index contributed by atoms with van der Waals surface area (Å²) >= 11 is 0. The molecule has 1 aliphatic heterocycles. The molecule has 128 valence electrons. The highest BCUT2D eigenvalue weighted by Crippen LogP contribution is 2.20. The summed E-state index contributed by atoms with van der Waals surface area (Å²) in [6, 6.07) is 6.29. The average molecular weight is 318 g/mol. The SMILES string of the molecule is CCCOc1ccc(CCC(C)C(=O)N2CCNCC2)c(C)c1. The van der Waals surface area contributed by atoms with Crippen LogP contribution in [0.25, 0.3) is 0 Å². The molecule has 1 aromatic rings. The number of aryl methyl sites for hydroxylation is 2. The number of amides is 1. The smallest absolute Gasteiger partial charge is 0.225 e. The second-order valence-corrected chi connectivity index (χ2v) is 6.45. The maximum absolute atomic E-state index is 12.5. The van der Waals surface area contributed by atoms with Gasteiger partial charge in [-0.2, -0.15) is 0 Å². The van der Waals surface area contributed by atoms with Crippen LogP contribution in [-0.2, 0) is 11.2 Å². The second-order valence-electron chi connectivity index (χ2n) is 6.45. The lowest BCUT2D eigenvalue weighted by molar-refractivity contribution is -0.135. The highest BCUT2D eigenvalue weighted by atomic mass is 16.5. The Labute approximate surface area is 140 Å². The molecule has 1 saturated heterocycles. The zero-order chi connectivity index (χ0) is 16.7. The number of nitrogens with zero attached hydrogens (tertiary/aromatic N) is 1. The summed E-state index contributed by atoms with van der Waals surface area (Å²) < 4.78 is 5.67. The summed E-state index contributed by atoms with van der Waals surface area (Å²) in [5, 5.41) is 3.29. The first-order valence-corrected chi connectivity index (χ1v) is 8.83. The number of hydrogen-bond donors (Lipinski definition) is 1. The van der Waals surface area contributed by atoms with Gasteiger partial charge < -0.3 is 15.0 Å². The summed E-state index contributed by atoms with van der Waals surface area (Å²) in [6.45, 7) is 10.5. The molecule has 23 heavy (non-hydrogen) atoms. The van der Waals surface area contributed by atoms with Crippen molar-refractivity contribution in [2.45, 2.75) is 40.0 Å². The zero-order valence-corrected chi connectivity index (χ0v) is 14.7. The Morgan fingerprint density at radius 1 is 1.35 bits per heavy atom. The Morgan fingerprint density at radius 2 is 2.09 bits per heavy atom. The zero-order valence-electron chi connectivity index (χ0n) is 14.7. The van der Waals surface area contributed by atoms with Crippen LogP contribution in [0.1, 0.15) is 37.8 Å². The van der Waals surface area contributed by atoms with Gasteiger partial charge in [-0.05, 0) is 49.4 Å². The normalized spacial score (nSPS) is 16.2. The number of rotatable bonds is 7. The summed E-state index contributed by atoms with van der Waals surface area (Å²) in [4.78, 5) is 14.5. The Bertz CT molecular complexity index is 510. The van der Waals surface area contributed by atoms with E-state index in [1.807, 2.05) is 11.0 Å². The van der Waals surface area contributed by atoms with Crippen molar-refractivity contribution in [2.75, 3.05) is 32.8 Å². The highest BCUT2D eigenvalue weighted by molar-refractivity contribution is 5.78. The Balaban J connectivity index is 1.85. The molecule has 4 nitrogen and oxygen atoms in total. The fourth-order valence-corrected chi connectivity index (χ4v) is 2.95. The minimum atomic E-state index is 0.0866. The molecule has 1 fully saturated rings. The van der Waals surface area contributed by atoms with Gasteiger partial charge in [0.2, 0.25) is 5.91 Å². The molecule has 1 aliphatic rings. The monoisotopic (exact) mass is 318 g/mol. The minimum Gasteiger partial charge on any atom is -0.494 e. The van der Waals surface area contributed by atoms with E-state index in [4.69, 9.17) is 4.74 Å². The Hall–Kier alpha value is -1.55. The van der Waals surface area contributed by atoms with E-state index in [2.05, 4.69) is 38.2 Å². The predicted octanol–water partition coefficient (Wildman–Crippen LogP) is 2.78. The van der Waals surface area contributed by atoms with E-state index in [0.717, 1.165) is 57.8 Å². The second kappa shape index (κ2) is 8.92. The highest BCUT2D eigenvalue weighted by Gasteiger charge is 2.21. The van der Waals surface area contributed by atoms with Crippen LogP contribution >= 0.6 is 0 Å². The third-order valence-corrected chi connectivity index (χ3v) is 4.48. The van der Waals surface area contributed by atoms with Crippen LogP contribution in [-0.4, -0.2) is 43.6 Å². The van der Waals surface area contributed by atoms with Gasteiger partial charge >= 0.3 is 0 Å². The molecular weight excluding hydrogens is 288 g/mol. The lowest BCUT2D eigenvalue weighted by Crippen LogP contribution is -2.48. The lowest BCUT2D eigenvalue weighted by atomic mass is 9.97. The van der Waals surface area contributed by atoms with Crippen LogP contribution in [0.3, 0.4) is 0 Å². The standard InChI is InChI=1S/C19H30N2O2/c1-4-13-23-18-8-7-17(16(3)14-18)6-5-15(2)19(22)21-11-9-20-10-12-21/h7-8,14-15,20H,4-6,9-13H2,1-3H3. The topological polar surface area (TPSA) is 41.6 Å². The molecule has 1 N–H and O–H groups in total. The van der Waals surface area contributed by atoms with E-state index >= 15 is 0 Å². The van der Waals surface area contributed by atoms with E-state index in [9.17, 15) is 4.79 Å². The molecule has 1 unspecified atom stereocenters. The summed E-state index contributed by atoms with van der Waals surface area (Å²) in [7, 11) is 0. The maximum Gasteiger partial charge on any atom is 0.225 e. The number of ether oxygens (including phenoxy) is 1. The van der Waals surface area contributed by atoms with Crippen LogP contribution < -0.4 is 10.1 Å². The molecule has 0 aromatic heterocycles. The molecular formula is C19H30N2O2. The van der Waals surface area contributed by atoms with E-state index in [1.54, 1.807) is 0 Å². The van der Waals surface area contributed by atoms with Gasteiger partial charge in [0.15, 0.2) is 0 Å². The van der Waals surface area contributed by atoms with Gasteiger partial charge in [0.1, 0.15) is 5.75 Å². The summed E-state index contributed by atoms with van der Waals surface area (Å²) in [6.07, 6.45) is 2.87. The number of carbonyl (C=O) groups is 1. The van der Waals surface area contributed by atoms with Crippen LogP contribution in [0, 0.1) is 12.8 Å². The van der Waals surface area contributed by atoms with Crippen LogP contribution in [0.2, 0.25) is 0 Å². The van der Waals surface area contributed by atoms with Gasteiger partial charge in [-0.1, -0.05) is 19.9 Å². The number of benzene rings is 1. The van der Waals surface area contributed by atoms with Gasteiger partial charge in [-0.3, -0.25) is 4.79 Å². The van der Waals surface area contributed by atoms with Crippen LogP contribution in [0.5, 0.6) is 5.75 Å². The third-order valence-electron chi connectivity index (χ3n) is 4.48. The largest absolute Gasteiger partial charge is 0.494 e. The van der Waals surface area contributed by atoms with Crippen molar-refractivity contribution >= 4 is 5.91 Å². The molecule has 1 atom stereocenters. The molecule has 0 aliphatic carbocycles. The summed E-state index contributed by atoms with van der Waals surface area (Å²) in [5.41, 5.74) is 2.56. The van der Waals surface area contributed by atoms with Gasteiger partial charge in [-0.15, -0.1) is 0 Å². The molecule has 1 aromatic carbocycles. The molecule has 0 saturated carbocycles. The van der Waals surface area contributed by atoms with E-state index in [0.29, 0.717) is 5.91 Å². The molecule has 0 spiro atoms. The molecule has 1 amide bonds. The van der Waals surface area contributed by atoms with Crippen LogP contribution in [0.4, 0.5) is 0 Å². The van der Waals surface area contributed by atoms with Crippen molar-refractivity contribution in [2.24, 2.45) is 5.92 Å². The van der Waals surface area contributed by atoms with Gasteiger partial charge in [0.25, 0.3) is 0 Å². The van der Waals surface area contributed by atoms with Crippen molar-refractivity contribution in [1.29, 1.82) is 0 Å². The van der Waals surface area contributed by atoms with Crippen molar-refractivity contribution in [3.8, 4) is 5.75 Å². The molecule has 0 bridgehead atoms. The van der Waals surface area contributed by atoms with Crippen molar-refractivity contribution in [1.82, 2.24) is 10.2 Å². The quantitative estimate of drug-likeness (QED) is 0.840. The molecule has 0 radical (unpaired) electrons. The van der Waals surface area contributed by atoms with E-state index < -0.39 is 0 Å². The summed E-state index contributed by atoms with van der Waals surface area (Å²) in [5.74, 6) is 1.33. The maximum atomic E-state index is 12.5. The number of piperazine rings is 1. The minimum absolute atomic E-state index is 0.0866. The average Bonchev–Trinajstić information content (AvgIpc) is 2.59. The first-order chi connectivity index (χ1) is 11.1. The van der Waals surface area contributed by atoms with Crippen molar-refractivity contribution in [3.05, 3.63) is 29.3 Å². The number of nitrogens with one attached hydrogen (secondary N) is 1. The van der Waals surface area contributed by atoms with E-state index in [1.165, 1.54) is 11.1 Å². The first-order valence-electron chi connectivity index (χ1n) is 8.83. The number of carbonyl (C=O) groups excluding carboxylic acids is 1. The van der Waals surface area contributed by atoms with E-state index in [-0.39, 0.29) is 5.92 Å². The Morgan fingerprint density at radius 3 is 2.74 bits per heavy atom. The van der Waals surface area contributed by atoms with Gasteiger partial charge in [0.05, 0.1) is 6.61 Å². The first kappa shape index (κ1) is 17.8. The fraction of sp³-hybridized carbons (Fsp3) is 0.632. The fourth-order valence-electron chi connectivity index (χ4n) is 2.95. The molecule has 1 heterocycles.